The Labute approximate surface area is 108 Å². The number of aromatic carboxylic acids is 1. The Bertz CT molecular complexity index is 734. The van der Waals surface area contributed by atoms with Gasteiger partial charge in [0.2, 0.25) is 5.69 Å². The normalized spacial score (nSPS) is 10.3. The highest BCUT2D eigenvalue weighted by molar-refractivity contribution is 9.10. The molecule has 0 aliphatic carbocycles. The molecule has 1 aromatic carbocycles. The van der Waals surface area contributed by atoms with Crippen molar-refractivity contribution in [3.8, 4) is 5.69 Å². The molecule has 18 heavy (non-hydrogen) atoms. The first-order valence-electron chi connectivity index (χ1n) is 4.72. The maximum absolute atomic E-state index is 11.6. The molecule has 0 fully saturated rings. The molecule has 8 heteroatoms. The third-order valence-electron chi connectivity index (χ3n) is 2.08. The van der Waals surface area contributed by atoms with Gasteiger partial charge in [0.15, 0.2) is 0 Å². The summed E-state index contributed by atoms with van der Waals surface area (Å²) in [5.41, 5.74) is -2.23. The first-order chi connectivity index (χ1) is 8.49. The highest BCUT2D eigenvalue weighted by Crippen LogP contribution is 2.12. The van der Waals surface area contributed by atoms with Crippen LogP contribution in [-0.2, 0) is 0 Å². The molecule has 0 aliphatic heterocycles. The van der Waals surface area contributed by atoms with E-state index in [2.05, 4.69) is 21.0 Å². The molecular weight excluding hydrogens is 306 g/mol. The van der Waals surface area contributed by atoms with Crippen molar-refractivity contribution < 1.29 is 9.90 Å². The first-order valence-corrected chi connectivity index (χ1v) is 5.51. The number of aromatic amines is 1. The van der Waals surface area contributed by atoms with E-state index >= 15 is 0 Å². The van der Waals surface area contributed by atoms with Crippen LogP contribution < -0.4 is 11.2 Å². The van der Waals surface area contributed by atoms with E-state index in [4.69, 9.17) is 5.11 Å². The molecule has 0 aliphatic rings. The predicted octanol–water partition coefficient (Wildman–Crippen LogP) is 0.381. The quantitative estimate of drug-likeness (QED) is 0.834. The zero-order chi connectivity index (χ0) is 13.3. The third-order valence-corrected chi connectivity index (χ3v) is 2.58. The van der Waals surface area contributed by atoms with Gasteiger partial charge in [0.25, 0.3) is 5.56 Å². The number of halogens is 1. The maximum Gasteiger partial charge on any atom is 0.362 e. The van der Waals surface area contributed by atoms with Gasteiger partial charge in [0.1, 0.15) is 0 Å². The van der Waals surface area contributed by atoms with Crippen LogP contribution in [0, 0.1) is 0 Å². The molecule has 0 spiro atoms. The lowest BCUT2D eigenvalue weighted by molar-refractivity contribution is 0.0685. The minimum absolute atomic E-state index is 0.341. The number of aromatic nitrogens is 3. The molecule has 2 rings (SSSR count). The third kappa shape index (κ3) is 2.23. The summed E-state index contributed by atoms with van der Waals surface area (Å²) >= 11 is 3.21. The minimum atomic E-state index is -1.50. The Hall–Kier alpha value is -2.22. The van der Waals surface area contributed by atoms with Crippen molar-refractivity contribution in [1.29, 1.82) is 0 Å². The smallest absolute Gasteiger partial charge is 0.362 e. The van der Waals surface area contributed by atoms with Gasteiger partial charge in [0, 0.05) is 4.47 Å². The van der Waals surface area contributed by atoms with Crippen LogP contribution in [0.15, 0.2) is 38.3 Å². The molecule has 7 nitrogen and oxygen atoms in total. The average Bonchev–Trinajstić information content (AvgIpc) is 2.28. The number of nitrogens with one attached hydrogen (secondary N) is 1. The molecule has 0 saturated carbocycles. The SMILES string of the molecule is O=C(O)c1nn(-c2cccc(Br)c2)c(=O)[nH]c1=O. The molecule has 0 amide bonds. The van der Waals surface area contributed by atoms with Crippen molar-refractivity contribution in [3.63, 3.8) is 0 Å². The number of carboxylic acid groups (broad SMARTS) is 1. The number of carboxylic acids is 1. The van der Waals surface area contributed by atoms with E-state index in [1.54, 1.807) is 24.3 Å². The molecule has 0 radical (unpaired) electrons. The van der Waals surface area contributed by atoms with E-state index in [1.165, 1.54) is 0 Å². The number of carbonyl (C=O) groups is 1. The standard InChI is InChI=1S/C10H6BrN3O4/c11-5-2-1-3-6(4-5)14-10(18)12-8(15)7(13-14)9(16)17/h1-4H,(H,16,17)(H,12,15,18). The van der Waals surface area contributed by atoms with Crippen LogP contribution >= 0.6 is 15.9 Å². The Morgan fingerprint density at radius 3 is 2.72 bits per heavy atom. The second-order valence-electron chi connectivity index (χ2n) is 3.30. The summed E-state index contributed by atoms with van der Waals surface area (Å²) in [5.74, 6) is -1.50. The van der Waals surface area contributed by atoms with Crippen LogP contribution in [0.2, 0.25) is 0 Å². The molecule has 0 saturated heterocycles. The molecule has 92 valence electrons. The van der Waals surface area contributed by atoms with Crippen LogP contribution in [0.4, 0.5) is 0 Å². The fourth-order valence-corrected chi connectivity index (χ4v) is 1.71. The van der Waals surface area contributed by atoms with Crippen LogP contribution in [-0.4, -0.2) is 25.8 Å². The molecule has 2 aromatic rings. The van der Waals surface area contributed by atoms with Gasteiger partial charge < -0.3 is 5.11 Å². The molecule has 0 unspecified atom stereocenters. The second-order valence-corrected chi connectivity index (χ2v) is 4.22. The van der Waals surface area contributed by atoms with Gasteiger partial charge in [-0.15, -0.1) is 0 Å². The highest BCUT2D eigenvalue weighted by Gasteiger charge is 2.14. The van der Waals surface area contributed by atoms with E-state index in [0.29, 0.717) is 10.2 Å². The van der Waals surface area contributed by atoms with Gasteiger partial charge in [0.05, 0.1) is 5.69 Å². The minimum Gasteiger partial charge on any atom is -0.476 e. The summed E-state index contributed by atoms with van der Waals surface area (Å²) in [6.45, 7) is 0. The topological polar surface area (TPSA) is 105 Å². The predicted molar refractivity (Wildman–Crippen MR) is 65.1 cm³/mol. The molecule has 2 N–H and O–H groups in total. The van der Waals surface area contributed by atoms with E-state index in [0.717, 1.165) is 4.68 Å². The fraction of sp³-hybridized carbons (Fsp3) is 0. The summed E-state index contributed by atoms with van der Waals surface area (Å²) in [4.78, 5) is 35.5. The van der Waals surface area contributed by atoms with E-state index < -0.39 is 22.9 Å². The number of hydrogen-bond donors (Lipinski definition) is 2. The lowest BCUT2D eigenvalue weighted by Crippen LogP contribution is -2.35. The number of H-pyrrole nitrogens is 1. The molecule has 1 heterocycles. The second kappa shape index (κ2) is 4.57. The van der Waals surface area contributed by atoms with Crippen molar-refractivity contribution >= 4 is 21.9 Å². The lowest BCUT2D eigenvalue weighted by Gasteiger charge is -2.04. The highest BCUT2D eigenvalue weighted by atomic mass is 79.9. The van der Waals surface area contributed by atoms with Crippen molar-refractivity contribution in [2.75, 3.05) is 0 Å². The first kappa shape index (κ1) is 12.2. The maximum atomic E-state index is 11.6. The largest absolute Gasteiger partial charge is 0.476 e. The van der Waals surface area contributed by atoms with Crippen LogP contribution in [0.25, 0.3) is 5.69 Å². The van der Waals surface area contributed by atoms with Crippen molar-refractivity contribution in [2.24, 2.45) is 0 Å². The summed E-state index contributed by atoms with van der Waals surface area (Å²) in [5, 5.41) is 12.3. The fourth-order valence-electron chi connectivity index (χ4n) is 1.32. The van der Waals surface area contributed by atoms with E-state index in [-0.39, 0.29) is 0 Å². The van der Waals surface area contributed by atoms with Gasteiger partial charge in [-0.2, -0.15) is 9.78 Å². The van der Waals surface area contributed by atoms with Gasteiger partial charge in [-0.05, 0) is 18.2 Å². The average molecular weight is 312 g/mol. The Balaban J connectivity index is 2.72. The summed E-state index contributed by atoms with van der Waals surface area (Å²) in [6.07, 6.45) is 0. The molecular formula is C10H6BrN3O4. The van der Waals surface area contributed by atoms with E-state index in [9.17, 15) is 14.4 Å². The number of nitrogens with zero attached hydrogens (tertiary/aromatic N) is 2. The zero-order valence-electron chi connectivity index (χ0n) is 8.75. The number of rotatable bonds is 2. The summed E-state index contributed by atoms with van der Waals surface area (Å²) in [6, 6.07) is 6.51. The Kier molecular flexibility index (Phi) is 3.11. The van der Waals surface area contributed by atoms with Gasteiger partial charge in [-0.1, -0.05) is 22.0 Å². The molecule has 1 aromatic heterocycles. The zero-order valence-corrected chi connectivity index (χ0v) is 10.3. The number of benzene rings is 1. The van der Waals surface area contributed by atoms with Crippen LogP contribution in [0.1, 0.15) is 10.5 Å². The van der Waals surface area contributed by atoms with E-state index in [1.807, 2.05) is 4.98 Å². The summed E-state index contributed by atoms with van der Waals surface area (Å²) in [7, 11) is 0. The van der Waals surface area contributed by atoms with Crippen molar-refractivity contribution in [2.45, 2.75) is 0 Å². The number of hydrogen-bond acceptors (Lipinski definition) is 4. The molecule has 0 bridgehead atoms. The van der Waals surface area contributed by atoms with Crippen LogP contribution in [0.5, 0.6) is 0 Å². The van der Waals surface area contributed by atoms with Gasteiger partial charge >= 0.3 is 11.7 Å². The monoisotopic (exact) mass is 311 g/mol. The van der Waals surface area contributed by atoms with Gasteiger partial charge in [-0.25, -0.2) is 9.59 Å². The van der Waals surface area contributed by atoms with Crippen molar-refractivity contribution in [1.82, 2.24) is 14.8 Å². The Morgan fingerprint density at radius 2 is 2.11 bits per heavy atom. The lowest BCUT2D eigenvalue weighted by atomic mass is 10.3. The molecule has 0 atom stereocenters. The van der Waals surface area contributed by atoms with Crippen molar-refractivity contribution in [3.05, 3.63) is 55.3 Å². The van der Waals surface area contributed by atoms with Gasteiger partial charge in [-0.3, -0.25) is 9.78 Å². The summed E-state index contributed by atoms with van der Waals surface area (Å²) < 4.78 is 1.51. The van der Waals surface area contributed by atoms with Crippen LogP contribution in [0.3, 0.4) is 0 Å². The Morgan fingerprint density at radius 1 is 1.39 bits per heavy atom.